The smallest absolute Gasteiger partial charge is 0.338 e. The van der Waals surface area contributed by atoms with Crippen molar-refractivity contribution >= 4 is 55.2 Å². The van der Waals surface area contributed by atoms with Crippen LogP contribution in [-0.2, 0) is 9.53 Å². The molecular weight excluding hydrogens is 604 g/mol. The van der Waals surface area contributed by atoms with E-state index in [1.54, 1.807) is 44.2 Å². The molecule has 180 valence electrons. The fourth-order valence-electron chi connectivity index (χ4n) is 4.01. The molecule has 35 heavy (non-hydrogen) atoms. The molecule has 2 aliphatic heterocycles. The normalized spacial score (nSPS) is 16.8. The zero-order valence-electron chi connectivity index (χ0n) is 18.5. The third kappa shape index (κ3) is 4.21. The van der Waals surface area contributed by atoms with E-state index in [0.29, 0.717) is 52.2 Å². The minimum atomic E-state index is -0.750. The summed E-state index contributed by atoms with van der Waals surface area (Å²) in [5, 5.41) is 10.0. The average Bonchev–Trinajstić information content (AvgIpc) is 3.40. The zero-order chi connectivity index (χ0) is 24.9. The van der Waals surface area contributed by atoms with Gasteiger partial charge in [-0.2, -0.15) is 0 Å². The number of hydrogen-bond donors (Lipinski definition) is 1. The van der Waals surface area contributed by atoms with Gasteiger partial charge in [-0.1, -0.05) is 17.4 Å². The first-order valence-electron chi connectivity index (χ1n) is 10.6. The molecule has 1 aromatic heterocycles. The molecule has 2 aromatic carbocycles. The molecule has 0 aliphatic carbocycles. The monoisotopic (exact) mass is 620 g/mol. The van der Waals surface area contributed by atoms with Gasteiger partial charge in [0.2, 0.25) is 6.79 Å². The van der Waals surface area contributed by atoms with Gasteiger partial charge in [0.15, 0.2) is 16.3 Å². The highest BCUT2D eigenvalue weighted by Gasteiger charge is 2.34. The quantitative estimate of drug-likeness (QED) is 0.446. The summed E-state index contributed by atoms with van der Waals surface area (Å²) in [6, 6.07) is 8.01. The molecule has 0 radical (unpaired) electrons. The lowest BCUT2D eigenvalue weighted by molar-refractivity contribution is -0.139. The van der Waals surface area contributed by atoms with E-state index >= 15 is 0 Å². The maximum atomic E-state index is 13.7. The second-order valence-corrected chi connectivity index (χ2v) is 10.5. The van der Waals surface area contributed by atoms with E-state index < -0.39 is 12.0 Å². The average molecular weight is 622 g/mol. The maximum absolute atomic E-state index is 13.7. The van der Waals surface area contributed by atoms with E-state index in [-0.39, 0.29) is 24.7 Å². The number of thiazole rings is 1. The number of carbonyl (C=O) groups is 1. The van der Waals surface area contributed by atoms with Crippen LogP contribution in [0.5, 0.6) is 17.2 Å². The number of fused-ring (bicyclic) bond motifs is 2. The van der Waals surface area contributed by atoms with Crippen LogP contribution in [0.4, 0.5) is 0 Å². The summed E-state index contributed by atoms with van der Waals surface area (Å²) < 4.78 is 19.2. The molecule has 0 spiro atoms. The number of rotatable bonds is 4. The van der Waals surface area contributed by atoms with Crippen LogP contribution in [0.25, 0.3) is 6.08 Å². The van der Waals surface area contributed by atoms with Gasteiger partial charge in [0.1, 0.15) is 5.75 Å². The van der Waals surface area contributed by atoms with Crippen molar-refractivity contribution in [3.63, 3.8) is 0 Å². The van der Waals surface area contributed by atoms with Crippen LogP contribution < -0.4 is 24.4 Å². The molecule has 1 N–H and O–H groups in total. The number of aromatic hydroxyl groups is 1. The van der Waals surface area contributed by atoms with Crippen molar-refractivity contribution in [2.75, 3.05) is 13.4 Å². The predicted octanol–water partition coefficient (Wildman–Crippen LogP) is 3.76. The Kier molecular flexibility index (Phi) is 6.32. The summed E-state index contributed by atoms with van der Waals surface area (Å²) in [6.07, 6.45) is 1.72. The van der Waals surface area contributed by atoms with Crippen LogP contribution in [-0.4, -0.2) is 29.0 Å². The molecule has 3 aromatic rings. The minimum absolute atomic E-state index is 0.0705. The summed E-state index contributed by atoms with van der Waals surface area (Å²) in [5.74, 6) is 0.683. The van der Waals surface area contributed by atoms with Crippen molar-refractivity contribution in [3.8, 4) is 17.2 Å². The van der Waals surface area contributed by atoms with Gasteiger partial charge in [-0.05, 0) is 87.2 Å². The van der Waals surface area contributed by atoms with E-state index in [0.717, 1.165) is 0 Å². The molecule has 0 saturated carbocycles. The van der Waals surface area contributed by atoms with Gasteiger partial charge < -0.3 is 19.3 Å². The summed E-state index contributed by atoms with van der Waals surface area (Å²) in [7, 11) is 0. The summed E-state index contributed by atoms with van der Waals surface area (Å²) in [6.45, 7) is 3.77. The van der Waals surface area contributed by atoms with Crippen LogP contribution in [0, 0.1) is 0 Å². The number of phenols is 1. The van der Waals surface area contributed by atoms with Gasteiger partial charge in [-0.15, -0.1) is 0 Å². The molecule has 0 fully saturated rings. The first kappa shape index (κ1) is 23.8. The van der Waals surface area contributed by atoms with E-state index in [1.165, 1.54) is 15.9 Å². The second kappa shape index (κ2) is 9.29. The van der Waals surface area contributed by atoms with Gasteiger partial charge in [-0.3, -0.25) is 9.36 Å². The third-order valence-electron chi connectivity index (χ3n) is 5.57. The Hall–Kier alpha value is -2.89. The zero-order valence-corrected chi connectivity index (χ0v) is 22.5. The van der Waals surface area contributed by atoms with Crippen LogP contribution in [0.3, 0.4) is 0 Å². The van der Waals surface area contributed by atoms with Crippen LogP contribution in [0.2, 0.25) is 0 Å². The number of allylic oxidation sites excluding steroid dienone is 1. The van der Waals surface area contributed by atoms with Crippen molar-refractivity contribution in [2.45, 2.75) is 19.9 Å². The number of aromatic nitrogens is 1. The Bertz CT molecular complexity index is 1570. The Balaban J connectivity index is 1.73. The van der Waals surface area contributed by atoms with Gasteiger partial charge in [0.05, 0.1) is 37.4 Å². The Labute approximate surface area is 220 Å². The summed E-state index contributed by atoms with van der Waals surface area (Å²) in [4.78, 5) is 31.7. The van der Waals surface area contributed by atoms with E-state index in [2.05, 4.69) is 36.9 Å². The number of carbonyl (C=O) groups excluding carboxylic acids is 1. The molecule has 5 rings (SSSR count). The van der Waals surface area contributed by atoms with Crippen molar-refractivity contribution in [1.82, 2.24) is 4.57 Å². The van der Waals surface area contributed by atoms with Crippen molar-refractivity contribution < 1.29 is 24.1 Å². The SMILES string of the molecule is CCOC(=O)C1=C(C)N=c2s/c(=C\c3cc(Br)c(O)c(Br)c3)c(=O)n2[C@H]1c1ccc2c(c1)OCO2. The summed E-state index contributed by atoms with van der Waals surface area (Å²) >= 11 is 7.86. The Morgan fingerprint density at radius 2 is 1.97 bits per heavy atom. The van der Waals surface area contributed by atoms with E-state index in [9.17, 15) is 14.7 Å². The highest BCUT2D eigenvalue weighted by atomic mass is 79.9. The topological polar surface area (TPSA) is 99.4 Å². The van der Waals surface area contributed by atoms with Gasteiger partial charge in [0.25, 0.3) is 5.56 Å². The fourth-order valence-corrected chi connectivity index (χ4v) is 6.28. The molecule has 2 aliphatic rings. The van der Waals surface area contributed by atoms with E-state index in [4.69, 9.17) is 14.2 Å². The van der Waals surface area contributed by atoms with Crippen LogP contribution >= 0.6 is 43.2 Å². The van der Waals surface area contributed by atoms with Gasteiger partial charge >= 0.3 is 5.97 Å². The largest absolute Gasteiger partial charge is 0.506 e. The number of benzene rings is 2. The Morgan fingerprint density at radius 3 is 2.69 bits per heavy atom. The van der Waals surface area contributed by atoms with Crippen LogP contribution in [0.1, 0.15) is 31.0 Å². The van der Waals surface area contributed by atoms with Crippen LogP contribution in [0.15, 0.2) is 60.3 Å². The first-order chi connectivity index (χ1) is 16.8. The number of halogens is 2. The Morgan fingerprint density at radius 1 is 1.26 bits per heavy atom. The lowest BCUT2D eigenvalue weighted by atomic mass is 9.95. The second-order valence-electron chi connectivity index (χ2n) is 7.75. The number of nitrogens with zero attached hydrogens (tertiary/aromatic N) is 2. The van der Waals surface area contributed by atoms with Crippen molar-refractivity contribution in [2.24, 2.45) is 4.99 Å². The number of phenolic OH excluding ortho intramolecular Hbond substituents is 1. The molecule has 0 bridgehead atoms. The third-order valence-corrected chi connectivity index (χ3v) is 7.76. The van der Waals surface area contributed by atoms with E-state index in [1.807, 2.05) is 6.07 Å². The highest BCUT2D eigenvalue weighted by molar-refractivity contribution is 9.11. The highest BCUT2D eigenvalue weighted by Crippen LogP contribution is 2.38. The molecule has 0 amide bonds. The lowest BCUT2D eigenvalue weighted by Crippen LogP contribution is -2.39. The van der Waals surface area contributed by atoms with Crippen molar-refractivity contribution in [1.29, 1.82) is 0 Å². The molecule has 0 saturated heterocycles. The molecule has 1 atom stereocenters. The van der Waals surface area contributed by atoms with Gasteiger partial charge in [-0.25, -0.2) is 9.79 Å². The molecule has 3 heterocycles. The van der Waals surface area contributed by atoms with Crippen molar-refractivity contribution in [3.05, 3.63) is 81.4 Å². The lowest BCUT2D eigenvalue weighted by Gasteiger charge is -2.24. The predicted molar refractivity (Wildman–Crippen MR) is 136 cm³/mol. The number of hydrogen-bond acceptors (Lipinski definition) is 8. The molecule has 8 nitrogen and oxygen atoms in total. The molecule has 11 heteroatoms. The molecular formula is C24H18Br2N2O6S. The number of esters is 1. The first-order valence-corrected chi connectivity index (χ1v) is 13.0. The standard InChI is InChI=1S/C24H18Br2N2O6S/c1-3-32-23(31)19-11(2)27-24-28(20(19)13-4-5-16-17(9-13)34-10-33-16)22(30)18(35-24)8-12-6-14(25)21(29)15(26)7-12/h4-9,20,29H,3,10H2,1-2H3/b18-8-/t20-/m0/s1. The summed E-state index contributed by atoms with van der Waals surface area (Å²) in [5.41, 5.74) is 1.85. The van der Waals surface area contributed by atoms with Gasteiger partial charge in [0, 0.05) is 0 Å². The fraction of sp³-hybridized carbons (Fsp3) is 0.208. The molecule has 0 unspecified atom stereocenters. The minimum Gasteiger partial charge on any atom is -0.506 e. The number of ether oxygens (including phenoxy) is 3. The maximum Gasteiger partial charge on any atom is 0.338 e.